The average molecular weight is 234 g/mol. The lowest BCUT2D eigenvalue weighted by Crippen LogP contribution is -2.11. The molecule has 0 aromatic rings. The third-order valence-electron chi connectivity index (χ3n) is 2.49. The molecule has 0 saturated carbocycles. The maximum Gasteiger partial charge on any atom is 0.198 e. The summed E-state index contributed by atoms with van der Waals surface area (Å²) in [6, 6.07) is 0. The summed E-state index contributed by atoms with van der Waals surface area (Å²) in [5, 5.41) is 0. The molecule has 1 aliphatic carbocycles. The van der Waals surface area contributed by atoms with E-state index < -0.39 is 0 Å². The molecular formula is C14H18O3. The third kappa shape index (κ3) is 3.41. The lowest BCUT2D eigenvalue weighted by Gasteiger charge is -2.12. The van der Waals surface area contributed by atoms with E-state index >= 15 is 0 Å². The number of Topliss-reactive ketones (excluding diaryl/α,β-unsaturated/α-hetero) is 1. The molecule has 0 bridgehead atoms. The van der Waals surface area contributed by atoms with Crippen molar-refractivity contribution >= 4 is 11.6 Å². The molecule has 92 valence electrons. The molecule has 3 heteroatoms. The zero-order chi connectivity index (χ0) is 13.0. The van der Waals surface area contributed by atoms with E-state index in [1.807, 2.05) is 13.8 Å². The summed E-state index contributed by atoms with van der Waals surface area (Å²) in [6.07, 6.45) is 5.24. The van der Waals surface area contributed by atoms with E-state index in [1.54, 1.807) is 19.1 Å². The molecule has 0 spiro atoms. The van der Waals surface area contributed by atoms with Crippen LogP contribution in [-0.2, 0) is 14.3 Å². The summed E-state index contributed by atoms with van der Waals surface area (Å²) in [6.45, 7) is 5.69. The second kappa shape index (κ2) is 5.62. The summed E-state index contributed by atoms with van der Waals surface area (Å²) < 4.78 is 5.16. The van der Waals surface area contributed by atoms with Crippen LogP contribution in [0.4, 0.5) is 0 Å². The SMILES string of the molecule is CO/C(C(=O)CC(C)C)=C1\C=CC(=O)C(C)=C1. The zero-order valence-electron chi connectivity index (χ0n) is 10.7. The van der Waals surface area contributed by atoms with Gasteiger partial charge in [-0.05, 0) is 36.6 Å². The molecule has 0 saturated heterocycles. The van der Waals surface area contributed by atoms with Crippen LogP contribution in [0.2, 0.25) is 0 Å². The van der Waals surface area contributed by atoms with Gasteiger partial charge in [0.2, 0.25) is 0 Å². The van der Waals surface area contributed by atoms with E-state index in [4.69, 9.17) is 4.74 Å². The molecule has 0 fully saturated rings. The number of hydrogen-bond donors (Lipinski definition) is 0. The van der Waals surface area contributed by atoms with Crippen LogP contribution in [0.15, 0.2) is 35.1 Å². The zero-order valence-corrected chi connectivity index (χ0v) is 10.7. The Morgan fingerprint density at radius 2 is 2.00 bits per heavy atom. The molecule has 0 unspecified atom stereocenters. The van der Waals surface area contributed by atoms with E-state index in [-0.39, 0.29) is 17.5 Å². The van der Waals surface area contributed by atoms with Crippen LogP contribution in [0.5, 0.6) is 0 Å². The van der Waals surface area contributed by atoms with Gasteiger partial charge in [0.25, 0.3) is 0 Å². The van der Waals surface area contributed by atoms with E-state index in [1.165, 1.54) is 13.2 Å². The fourth-order valence-electron chi connectivity index (χ4n) is 1.65. The van der Waals surface area contributed by atoms with Crippen molar-refractivity contribution < 1.29 is 14.3 Å². The predicted octanol–water partition coefficient (Wildman–Crippen LogP) is 2.59. The number of ketones is 2. The van der Waals surface area contributed by atoms with Crippen LogP contribution < -0.4 is 0 Å². The van der Waals surface area contributed by atoms with Gasteiger partial charge in [-0.1, -0.05) is 13.8 Å². The molecule has 0 N–H and O–H groups in total. The molecule has 0 aliphatic heterocycles. The number of allylic oxidation sites excluding steroid dienone is 6. The average Bonchev–Trinajstić information content (AvgIpc) is 2.23. The van der Waals surface area contributed by atoms with Crippen LogP contribution in [-0.4, -0.2) is 18.7 Å². The number of carbonyl (C=O) groups excluding carboxylic acids is 2. The first kappa shape index (κ1) is 13.4. The molecular weight excluding hydrogens is 216 g/mol. The van der Waals surface area contributed by atoms with Crippen molar-refractivity contribution in [2.45, 2.75) is 27.2 Å². The second-order valence-corrected chi connectivity index (χ2v) is 4.53. The number of hydrogen-bond acceptors (Lipinski definition) is 3. The van der Waals surface area contributed by atoms with Gasteiger partial charge >= 0.3 is 0 Å². The molecule has 1 aliphatic rings. The Morgan fingerprint density at radius 1 is 1.35 bits per heavy atom. The molecule has 0 aromatic heterocycles. The fourth-order valence-corrected chi connectivity index (χ4v) is 1.65. The topological polar surface area (TPSA) is 43.4 Å². The quantitative estimate of drug-likeness (QED) is 0.554. The van der Waals surface area contributed by atoms with Crippen molar-refractivity contribution in [3.8, 4) is 0 Å². The summed E-state index contributed by atoms with van der Waals surface area (Å²) in [7, 11) is 1.48. The highest BCUT2D eigenvalue weighted by atomic mass is 16.5. The van der Waals surface area contributed by atoms with E-state index in [0.29, 0.717) is 23.3 Å². The van der Waals surface area contributed by atoms with Crippen LogP contribution >= 0.6 is 0 Å². The first-order valence-corrected chi connectivity index (χ1v) is 5.68. The summed E-state index contributed by atoms with van der Waals surface area (Å²) >= 11 is 0. The van der Waals surface area contributed by atoms with Crippen LogP contribution in [0.25, 0.3) is 0 Å². The molecule has 0 aromatic carbocycles. The van der Waals surface area contributed by atoms with Crippen molar-refractivity contribution in [3.63, 3.8) is 0 Å². The fraction of sp³-hybridized carbons (Fsp3) is 0.429. The predicted molar refractivity (Wildman–Crippen MR) is 66.4 cm³/mol. The minimum atomic E-state index is -0.0273. The minimum Gasteiger partial charge on any atom is -0.492 e. The molecule has 3 nitrogen and oxygen atoms in total. The normalized spacial score (nSPS) is 18.2. The van der Waals surface area contributed by atoms with Gasteiger partial charge in [-0.25, -0.2) is 0 Å². The van der Waals surface area contributed by atoms with Crippen molar-refractivity contribution in [1.29, 1.82) is 0 Å². The second-order valence-electron chi connectivity index (χ2n) is 4.53. The van der Waals surface area contributed by atoms with Gasteiger partial charge in [0, 0.05) is 12.0 Å². The first-order valence-electron chi connectivity index (χ1n) is 5.68. The van der Waals surface area contributed by atoms with Crippen molar-refractivity contribution in [2.24, 2.45) is 5.92 Å². The Morgan fingerprint density at radius 3 is 2.47 bits per heavy atom. The van der Waals surface area contributed by atoms with Gasteiger partial charge in [0.1, 0.15) is 0 Å². The Balaban J connectivity index is 3.04. The Labute approximate surface area is 102 Å². The van der Waals surface area contributed by atoms with Crippen molar-refractivity contribution in [2.75, 3.05) is 7.11 Å². The Hall–Kier alpha value is -1.64. The van der Waals surface area contributed by atoms with Gasteiger partial charge in [-0.3, -0.25) is 9.59 Å². The molecule has 0 atom stereocenters. The Kier molecular flexibility index (Phi) is 4.44. The highest BCUT2D eigenvalue weighted by Crippen LogP contribution is 2.19. The van der Waals surface area contributed by atoms with Crippen LogP contribution in [0.1, 0.15) is 27.2 Å². The summed E-state index contributed by atoms with van der Waals surface area (Å²) in [5.41, 5.74) is 1.30. The van der Waals surface area contributed by atoms with E-state index in [2.05, 4.69) is 0 Å². The summed E-state index contributed by atoms with van der Waals surface area (Å²) in [5.74, 6) is 0.565. The monoisotopic (exact) mass is 234 g/mol. The van der Waals surface area contributed by atoms with Gasteiger partial charge in [0.15, 0.2) is 17.3 Å². The molecule has 0 heterocycles. The minimum absolute atomic E-state index is 0.0273. The molecule has 17 heavy (non-hydrogen) atoms. The molecule has 0 radical (unpaired) electrons. The summed E-state index contributed by atoms with van der Waals surface area (Å²) in [4.78, 5) is 23.2. The molecule has 0 amide bonds. The van der Waals surface area contributed by atoms with Crippen LogP contribution in [0.3, 0.4) is 0 Å². The van der Waals surface area contributed by atoms with Crippen molar-refractivity contribution in [3.05, 3.63) is 35.1 Å². The maximum atomic E-state index is 11.9. The van der Waals surface area contributed by atoms with Gasteiger partial charge in [-0.2, -0.15) is 0 Å². The number of methoxy groups -OCH3 is 1. The highest BCUT2D eigenvalue weighted by Gasteiger charge is 2.17. The number of ether oxygens (including phenoxy) is 1. The van der Waals surface area contributed by atoms with Gasteiger partial charge in [-0.15, -0.1) is 0 Å². The van der Waals surface area contributed by atoms with Crippen molar-refractivity contribution in [1.82, 2.24) is 0 Å². The lowest BCUT2D eigenvalue weighted by molar-refractivity contribution is -0.119. The van der Waals surface area contributed by atoms with Gasteiger partial charge in [0.05, 0.1) is 7.11 Å². The lowest BCUT2D eigenvalue weighted by atomic mass is 9.97. The van der Waals surface area contributed by atoms with Crippen LogP contribution in [0, 0.1) is 5.92 Å². The highest BCUT2D eigenvalue weighted by molar-refractivity contribution is 6.06. The first-order chi connectivity index (χ1) is 7.95. The molecule has 1 rings (SSSR count). The Bertz CT molecular complexity index is 423. The van der Waals surface area contributed by atoms with E-state index in [0.717, 1.165) is 0 Å². The van der Waals surface area contributed by atoms with Gasteiger partial charge < -0.3 is 4.74 Å². The smallest absolute Gasteiger partial charge is 0.198 e. The largest absolute Gasteiger partial charge is 0.492 e. The van der Waals surface area contributed by atoms with E-state index in [9.17, 15) is 9.59 Å². The maximum absolute atomic E-state index is 11.9. The third-order valence-corrected chi connectivity index (χ3v) is 2.49. The number of rotatable bonds is 4. The number of carbonyl (C=O) groups is 2. The standard InChI is InChI=1S/C14H18O3/c1-9(2)7-13(16)14(17-4)11-5-6-12(15)10(3)8-11/h5-6,8-9H,7H2,1-4H3/b14-11+.